The van der Waals surface area contributed by atoms with Gasteiger partial charge in [-0.15, -0.1) is 0 Å². The van der Waals surface area contributed by atoms with E-state index in [2.05, 4.69) is 5.32 Å². The zero-order valence-electron chi connectivity index (χ0n) is 10.3. The second-order valence-corrected chi connectivity index (χ2v) is 5.32. The summed E-state index contributed by atoms with van der Waals surface area (Å²) in [5.41, 5.74) is 0.523. The van der Waals surface area contributed by atoms with Crippen LogP contribution in [0, 0.1) is 11.6 Å². The number of anilines is 1. The molecule has 2 nitrogen and oxygen atoms in total. The molecule has 1 atom stereocenters. The lowest BCUT2D eigenvalue weighted by atomic mass is 9.92. The fourth-order valence-electron chi connectivity index (χ4n) is 2.76. The Hall–Kier alpha value is -1.16. The molecular weight excluding hydrogens is 234 g/mol. The molecule has 1 saturated carbocycles. The molecule has 0 amide bonds. The van der Waals surface area contributed by atoms with Gasteiger partial charge in [-0.1, -0.05) is 6.42 Å². The van der Waals surface area contributed by atoms with Gasteiger partial charge in [0.2, 0.25) is 0 Å². The first kappa shape index (κ1) is 11.9. The Balaban J connectivity index is 1.63. The second-order valence-electron chi connectivity index (χ2n) is 5.32. The molecule has 0 spiro atoms. The van der Waals surface area contributed by atoms with Crippen LogP contribution in [0.4, 0.5) is 14.5 Å². The van der Waals surface area contributed by atoms with E-state index in [0.717, 1.165) is 25.6 Å². The summed E-state index contributed by atoms with van der Waals surface area (Å²) in [5, 5.41) is 3.61. The lowest BCUT2D eigenvalue weighted by molar-refractivity contribution is 0.311. The van der Waals surface area contributed by atoms with Crippen molar-refractivity contribution in [3.05, 3.63) is 29.8 Å². The van der Waals surface area contributed by atoms with Crippen LogP contribution in [0.3, 0.4) is 0 Å². The van der Waals surface area contributed by atoms with Crippen molar-refractivity contribution in [1.82, 2.24) is 5.32 Å². The summed E-state index contributed by atoms with van der Waals surface area (Å²) in [6.45, 7) is 1.66. The number of nitrogens with one attached hydrogen (secondary N) is 1. The van der Waals surface area contributed by atoms with Crippen LogP contribution in [0.1, 0.15) is 25.7 Å². The lowest BCUT2D eigenvalue weighted by Crippen LogP contribution is -2.43. The van der Waals surface area contributed by atoms with Crippen molar-refractivity contribution in [2.45, 2.75) is 37.8 Å². The van der Waals surface area contributed by atoms with Crippen molar-refractivity contribution in [1.29, 1.82) is 0 Å². The second kappa shape index (κ2) is 4.84. The summed E-state index contributed by atoms with van der Waals surface area (Å²) < 4.78 is 26.5. The molecule has 1 aliphatic carbocycles. The highest BCUT2D eigenvalue weighted by Gasteiger charge is 2.28. The highest BCUT2D eigenvalue weighted by atomic mass is 19.1. The maximum atomic E-state index is 13.7. The molecule has 1 aromatic rings. The summed E-state index contributed by atoms with van der Waals surface area (Å²) in [4.78, 5) is 2.01. The van der Waals surface area contributed by atoms with Gasteiger partial charge in [-0.25, -0.2) is 8.78 Å². The third kappa shape index (κ3) is 2.34. The Morgan fingerprint density at radius 3 is 2.61 bits per heavy atom. The molecule has 1 N–H and O–H groups in total. The summed E-state index contributed by atoms with van der Waals surface area (Å²) >= 11 is 0. The molecule has 1 aliphatic heterocycles. The quantitative estimate of drug-likeness (QED) is 0.889. The highest BCUT2D eigenvalue weighted by molar-refractivity contribution is 5.49. The third-order valence-electron chi connectivity index (χ3n) is 4.02. The summed E-state index contributed by atoms with van der Waals surface area (Å²) in [5.74, 6) is -0.973. The number of hydrogen-bond donors (Lipinski definition) is 1. The van der Waals surface area contributed by atoms with Crippen LogP contribution in [-0.2, 0) is 0 Å². The van der Waals surface area contributed by atoms with E-state index in [4.69, 9.17) is 0 Å². The van der Waals surface area contributed by atoms with Crippen molar-refractivity contribution in [3.63, 3.8) is 0 Å². The van der Waals surface area contributed by atoms with Crippen LogP contribution in [0.2, 0.25) is 0 Å². The number of nitrogens with zero attached hydrogens (tertiary/aromatic N) is 1. The van der Waals surface area contributed by atoms with E-state index in [0.29, 0.717) is 17.8 Å². The number of benzene rings is 1. The van der Waals surface area contributed by atoms with Gasteiger partial charge >= 0.3 is 0 Å². The molecule has 98 valence electrons. The van der Waals surface area contributed by atoms with Gasteiger partial charge in [-0.3, -0.25) is 0 Å². The number of hydrogen-bond acceptors (Lipinski definition) is 2. The van der Waals surface area contributed by atoms with Gasteiger partial charge in [-0.2, -0.15) is 0 Å². The predicted molar refractivity (Wildman–Crippen MR) is 67.8 cm³/mol. The first-order valence-electron chi connectivity index (χ1n) is 6.68. The monoisotopic (exact) mass is 252 g/mol. The Bertz CT molecular complexity index is 432. The maximum Gasteiger partial charge on any atom is 0.149 e. The number of halogens is 2. The van der Waals surface area contributed by atoms with Gasteiger partial charge in [0.25, 0.3) is 0 Å². The van der Waals surface area contributed by atoms with Crippen LogP contribution in [-0.4, -0.2) is 25.2 Å². The molecule has 18 heavy (non-hydrogen) atoms. The minimum Gasteiger partial charge on any atom is -0.368 e. The van der Waals surface area contributed by atoms with Crippen LogP contribution >= 0.6 is 0 Å². The molecule has 0 aromatic heterocycles. The van der Waals surface area contributed by atoms with Gasteiger partial charge in [0.05, 0.1) is 5.69 Å². The number of rotatable bonds is 3. The van der Waals surface area contributed by atoms with Crippen molar-refractivity contribution >= 4 is 5.69 Å². The van der Waals surface area contributed by atoms with Crippen LogP contribution < -0.4 is 10.2 Å². The average Bonchev–Trinajstić information content (AvgIpc) is 2.72. The topological polar surface area (TPSA) is 15.3 Å². The Morgan fingerprint density at radius 1 is 1.11 bits per heavy atom. The zero-order chi connectivity index (χ0) is 12.5. The summed E-state index contributed by atoms with van der Waals surface area (Å²) in [7, 11) is 0. The maximum absolute atomic E-state index is 13.7. The van der Waals surface area contributed by atoms with E-state index in [1.807, 2.05) is 4.90 Å². The molecular formula is C14H18F2N2. The largest absolute Gasteiger partial charge is 0.368 e. The summed E-state index contributed by atoms with van der Waals surface area (Å²) in [6.07, 6.45) is 4.89. The Labute approximate surface area is 106 Å². The normalized spacial score (nSPS) is 24.3. The van der Waals surface area contributed by atoms with Crippen LogP contribution in [0.15, 0.2) is 18.2 Å². The zero-order valence-corrected chi connectivity index (χ0v) is 10.3. The van der Waals surface area contributed by atoms with Crippen molar-refractivity contribution in [3.8, 4) is 0 Å². The van der Waals surface area contributed by atoms with Gasteiger partial charge in [0.1, 0.15) is 11.6 Å². The molecule has 0 unspecified atom stereocenters. The van der Waals surface area contributed by atoms with Gasteiger partial charge < -0.3 is 10.2 Å². The van der Waals surface area contributed by atoms with E-state index in [9.17, 15) is 8.78 Å². The molecule has 0 radical (unpaired) electrons. The van der Waals surface area contributed by atoms with E-state index >= 15 is 0 Å². The van der Waals surface area contributed by atoms with Crippen molar-refractivity contribution < 1.29 is 8.78 Å². The van der Waals surface area contributed by atoms with Gasteiger partial charge in [0.15, 0.2) is 0 Å². The molecule has 4 heteroatoms. The lowest BCUT2D eigenvalue weighted by Gasteiger charge is -2.30. The smallest absolute Gasteiger partial charge is 0.149 e. The standard InChI is InChI=1S/C14H18F2N2/c15-10-4-5-14(13(16)8-10)18-7-6-12(9-18)17-11-2-1-3-11/h4-5,8,11-12,17H,1-3,6-7,9H2/t12-/m1/s1. The predicted octanol–water partition coefficient (Wildman–Crippen LogP) is 2.69. The first-order valence-corrected chi connectivity index (χ1v) is 6.68. The summed E-state index contributed by atoms with van der Waals surface area (Å²) in [6, 6.07) is 4.93. The Kier molecular flexibility index (Phi) is 3.20. The molecule has 3 rings (SSSR count). The minimum absolute atomic E-state index is 0.444. The SMILES string of the molecule is Fc1ccc(N2CC[C@@H](NC3CCC3)C2)c(F)c1. The van der Waals surface area contributed by atoms with Gasteiger partial charge in [-0.05, 0) is 31.4 Å². The average molecular weight is 252 g/mol. The first-order chi connectivity index (χ1) is 8.72. The molecule has 0 bridgehead atoms. The molecule has 2 aliphatic rings. The van der Waals surface area contributed by atoms with E-state index in [-0.39, 0.29) is 0 Å². The molecule has 1 aromatic carbocycles. The Morgan fingerprint density at radius 2 is 1.94 bits per heavy atom. The van der Waals surface area contributed by atoms with Crippen molar-refractivity contribution in [2.24, 2.45) is 0 Å². The van der Waals surface area contributed by atoms with E-state index < -0.39 is 11.6 Å². The fourth-order valence-corrected chi connectivity index (χ4v) is 2.76. The molecule has 2 fully saturated rings. The minimum atomic E-state index is -0.514. The molecule has 1 heterocycles. The fraction of sp³-hybridized carbons (Fsp3) is 0.571. The van der Waals surface area contributed by atoms with Crippen molar-refractivity contribution in [2.75, 3.05) is 18.0 Å². The van der Waals surface area contributed by atoms with Crippen LogP contribution in [0.25, 0.3) is 0 Å². The van der Waals surface area contributed by atoms with E-state index in [1.54, 1.807) is 0 Å². The van der Waals surface area contributed by atoms with Gasteiger partial charge in [0, 0.05) is 31.2 Å². The van der Waals surface area contributed by atoms with Crippen LogP contribution in [0.5, 0.6) is 0 Å². The molecule has 1 saturated heterocycles. The third-order valence-corrected chi connectivity index (χ3v) is 4.02. The van der Waals surface area contributed by atoms with E-state index in [1.165, 1.54) is 31.4 Å². The highest BCUT2D eigenvalue weighted by Crippen LogP contribution is 2.26.